The van der Waals surface area contributed by atoms with Crippen LogP contribution < -0.4 is 5.32 Å². The van der Waals surface area contributed by atoms with Gasteiger partial charge in [0.1, 0.15) is 6.54 Å². The standard InChI is InChI=1S/C19H18N2O3S2/c1-13-5-2-3-6-14(13)8-9-20-17(22)12-21-18(23)16(26-19(21)24)11-15-7-4-10-25-15/h2-7,10-11H,8-9,12H2,1H3,(H,20,22)/b16-11-. The summed E-state index contributed by atoms with van der Waals surface area (Å²) in [4.78, 5) is 38.8. The minimum absolute atomic E-state index is 0.250. The number of thiophene rings is 1. The highest BCUT2D eigenvalue weighted by Crippen LogP contribution is 2.32. The van der Waals surface area contributed by atoms with Gasteiger partial charge < -0.3 is 5.32 Å². The van der Waals surface area contributed by atoms with Gasteiger partial charge in [-0.15, -0.1) is 11.3 Å². The van der Waals surface area contributed by atoms with E-state index in [0.717, 1.165) is 27.1 Å². The second-order valence-corrected chi connectivity index (χ2v) is 7.78. The minimum Gasteiger partial charge on any atom is -0.354 e. The molecular weight excluding hydrogens is 368 g/mol. The first-order valence-electron chi connectivity index (χ1n) is 8.14. The largest absolute Gasteiger partial charge is 0.354 e. The maximum Gasteiger partial charge on any atom is 0.294 e. The summed E-state index contributed by atoms with van der Waals surface area (Å²) < 4.78 is 0. The average molecular weight is 386 g/mol. The van der Waals surface area contributed by atoms with Gasteiger partial charge in [0.25, 0.3) is 11.1 Å². The molecule has 1 aliphatic rings. The highest BCUT2D eigenvalue weighted by molar-refractivity contribution is 8.18. The van der Waals surface area contributed by atoms with E-state index in [9.17, 15) is 14.4 Å². The zero-order chi connectivity index (χ0) is 18.5. The highest BCUT2D eigenvalue weighted by Gasteiger charge is 2.36. The van der Waals surface area contributed by atoms with Crippen LogP contribution in [0.25, 0.3) is 6.08 Å². The lowest BCUT2D eigenvalue weighted by atomic mass is 10.1. The Hall–Kier alpha value is -2.38. The number of hydrogen-bond acceptors (Lipinski definition) is 5. The van der Waals surface area contributed by atoms with Gasteiger partial charge in [0, 0.05) is 11.4 Å². The van der Waals surface area contributed by atoms with Crippen molar-refractivity contribution in [3.63, 3.8) is 0 Å². The van der Waals surface area contributed by atoms with Crippen LogP contribution >= 0.6 is 23.1 Å². The van der Waals surface area contributed by atoms with Gasteiger partial charge >= 0.3 is 0 Å². The summed E-state index contributed by atoms with van der Waals surface area (Å²) in [5.74, 6) is -0.749. The number of imide groups is 1. The van der Waals surface area contributed by atoms with Gasteiger partial charge in [0.15, 0.2) is 0 Å². The van der Waals surface area contributed by atoms with Gasteiger partial charge in [0.05, 0.1) is 4.91 Å². The molecule has 26 heavy (non-hydrogen) atoms. The summed E-state index contributed by atoms with van der Waals surface area (Å²) in [5, 5.41) is 4.27. The predicted molar refractivity (Wildman–Crippen MR) is 105 cm³/mol. The summed E-state index contributed by atoms with van der Waals surface area (Å²) >= 11 is 2.36. The predicted octanol–water partition coefficient (Wildman–Crippen LogP) is 3.45. The number of hydrogen-bond donors (Lipinski definition) is 1. The van der Waals surface area contributed by atoms with E-state index in [1.54, 1.807) is 6.08 Å². The first kappa shape index (κ1) is 18.4. The Labute approximate surface area is 160 Å². The molecule has 134 valence electrons. The average Bonchev–Trinajstić information content (AvgIpc) is 3.21. The first-order valence-corrected chi connectivity index (χ1v) is 9.84. The van der Waals surface area contributed by atoms with Crippen LogP contribution in [-0.2, 0) is 16.0 Å². The molecule has 0 saturated carbocycles. The Morgan fingerprint density at radius 1 is 1.19 bits per heavy atom. The van der Waals surface area contributed by atoms with E-state index in [4.69, 9.17) is 0 Å². The number of aryl methyl sites for hydroxylation is 1. The molecule has 3 amide bonds. The number of amides is 3. The Morgan fingerprint density at radius 2 is 2.00 bits per heavy atom. The molecule has 1 aromatic carbocycles. The molecule has 3 rings (SSSR count). The van der Waals surface area contributed by atoms with E-state index in [1.165, 1.54) is 16.9 Å². The highest BCUT2D eigenvalue weighted by atomic mass is 32.2. The van der Waals surface area contributed by atoms with E-state index in [0.29, 0.717) is 17.9 Å². The van der Waals surface area contributed by atoms with Gasteiger partial charge in [-0.3, -0.25) is 19.3 Å². The molecule has 1 aromatic heterocycles. The molecule has 0 radical (unpaired) electrons. The van der Waals surface area contributed by atoms with Crippen molar-refractivity contribution < 1.29 is 14.4 Å². The fourth-order valence-electron chi connectivity index (χ4n) is 2.57. The summed E-state index contributed by atoms with van der Waals surface area (Å²) in [6.45, 7) is 2.24. The maximum atomic E-state index is 12.4. The fourth-order valence-corrected chi connectivity index (χ4v) is 4.13. The second kappa shape index (κ2) is 8.33. The monoisotopic (exact) mass is 386 g/mol. The van der Waals surface area contributed by atoms with Crippen LogP contribution in [0.1, 0.15) is 16.0 Å². The number of thioether (sulfide) groups is 1. The van der Waals surface area contributed by atoms with Crippen LogP contribution in [0.15, 0.2) is 46.7 Å². The molecule has 0 bridgehead atoms. The summed E-state index contributed by atoms with van der Waals surface area (Å²) in [5.41, 5.74) is 2.34. The summed E-state index contributed by atoms with van der Waals surface area (Å²) in [7, 11) is 0. The van der Waals surface area contributed by atoms with Crippen molar-refractivity contribution in [3.8, 4) is 0 Å². The molecule has 5 nitrogen and oxygen atoms in total. The van der Waals surface area contributed by atoms with Gasteiger partial charge in [-0.25, -0.2) is 0 Å². The molecule has 2 heterocycles. The molecule has 1 saturated heterocycles. The summed E-state index contributed by atoms with van der Waals surface area (Å²) in [6.07, 6.45) is 2.39. The lowest BCUT2D eigenvalue weighted by Crippen LogP contribution is -2.40. The molecule has 2 aromatic rings. The Balaban J connectivity index is 1.53. The molecule has 0 aliphatic carbocycles. The van der Waals surface area contributed by atoms with E-state index in [-0.39, 0.29) is 12.5 Å². The van der Waals surface area contributed by atoms with Gasteiger partial charge in [0.2, 0.25) is 5.91 Å². The normalized spacial score (nSPS) is 15.7. The van der Waals surface area contributed by atoms with Crippen LogP contribution in [0.3, 0.4) is 0 Å². The van der Waals surface area contributed by atoms with Crippen LogP contribution in [0.5, 0.6) is 0 Å². The van der Waals surface area contributed by atoms with Crippen molar-refractivity contribution in [2.75, 3.05) is 13.1 Å². The van der Waals surface area contributed by atoms with Crippen molar-refractivity contribution in [2.45, 2.75) is 13.3 Å². The Kier molecular flexibility index (Phi) is 5.90. The maximum absolute atomic E-state index is 12.4. The van der Waals surface area contributed by atoms with Crippen molar-refractivity contribution in [1.82, 2.24) is 10.2 Å². The van der Waals surface area contributed by atoms with E-state index in [2.05, 4.69) is 5.32 Å². The minimum atomic E-state index is -0.414. The third-order valence-electron chi connectivity index (χ3n) is 3.97. The van der Waals surface area contributed by atoms with Crippen molar-refractivity contribution in [2.24, 2.45) is 0 Å². The van der Waals surface area contributed by atoms with Gasteiger partial charge in [-0.05, 0) is 53.8 Å². The molecule has 1 fully saturated rings. The lowest BCUT2D eigenvalue weighted by molar-refractivity contribution is -0.129. The first-order chi connectivity index (χ1) is 12.5. The molecule has 0 spiro atoms. The Bertz CT molecular complexity index is 859. The lowest BCUT2D eigenvalue weighted by Gasteiger charge is -2.12. The zero-order valence-electron chi connectivity index (χ0n) is 14.2. The number of carbonyl (C=O) groups is 3. The fraction of sp³-hybridized carbons (Fsp3) is 0.211. The SMILES string of the molecule is Cc1ccccc1CCNC(=O)CN1C(=O)S/C(=C\c2cccs2)C1=O. The van der Waals surface area contributed by atoms with E-state index in [1.807, 2.05) is 48.7 Å². The third kappa shape index (κ3) is 4.42. The smallest absolute Gasteiger partial charge is 0.294 e. The van der Waals surface area contributed by atoms with E-state index >= 15 is 0 Å². The summed E-state index contributed by atoms with van der Waals surface area (Å²) in [6, 6.07) is 11.7. The number of rotatable bonds is 6. The van der Waals surface area contributed by atoms with Crippen LogP contribution in [0.4, 0.5) is 4.79 Å². The van der Waals surface area contributed by atoms with Gasteiger partial charge in [-0.1, -0.05) is 30.3 Å². The number of carbonyl (C=O) groups excluding carboxylic acids is 3. The van der Waals surface area contributed by atoms with Crippen molar-refractivity contribution in [3.05, 3.63) is 62.7 Å². The quantitative estimate of drug-likeness (QED) is 0.772. The zero-order valence-corrected chi connectivity index (χ0v) is 15.9. The second-order valence-electron chi connectivity index (χ2n) is 5.81. The number of benzene rings is 1. The molecule has 1 aliphatic heterocycles. The molecular formula is C19H18N2O3S2. The third-order valence-corrected chi connectivity index (χ3v) is 5.70. The number of nitrogens with one attached hydrogen (secondary N) is 1. The number of nitrogens with zero attached hydrogens (tertiary/aromatic N) is 1. The van der Waals surface area contributed by atoms with Crippen molar-refractivity contribution in [1.29, 1.82) is 0 Å². The van der Waals surface area contributed by atoms with Crippen molar-refractivity contribution >= 4 is 46.2 Å². The van der Waals surface area contributed by atoms with E-state index < -0.39 is 11.1 Å². The van der Waals surface area contributed by atoms with Crippen LogP contribution in [0.2, 0.25) is 0 Å². The molecule has 0 unspecified atom stereocenters. The molecule has 7 heteroatoms. The Morgan fingerprint density at radius 3 is 2.73 bits per heavy atom. The topological polar surface area (TPSA) is 66.5 Å². The van der Waals surface area contributed by atoms with Crippen LogP contribution in [0, 0.1) is 6.92 Å². The molecule has 0 atom stereocenters. The van der Waals surface area contributed by atoms with Crippen LogP contribution in [-0.4, -0.2) is 35.0 Å². The van der Waals surface area contributed by atoms with Gasteiger partial charge in [-0.2, -0.15) is 0 Å². The molecule has 1 N–H and O–H groups in total.